The monoisotopic (exact) mass is 389 g/mol. The molecule has 148 valence electrons. The van der Waals surface area contributed by atoms with Gasteiger partial charge in [-0.2, -0.15) is 13.2 Å². The van der Waals surface area contributed by atoms with E-state index < -0.39 is 11.7 Å². The maximum absolute atomic E-state index is 13.2. The van der Waals surface area contributed by atoms with Gasteiger partial charge in [0, 0.05) is 19.6 Å². The predicted octanol–water partition coefficient (Wildman–Crippen LogP) is 4.53. The molecule has 0 radical (unpaired) electrons. The lowest BCUT2D eigenvalue weighted by atomic mass is 9.98. The van der Waals surface area contributed by atoms with Crippen LogP contribution in [0.15, 0.2) is 48.2 Å². The van der Waals surface area contributed by atoms with E-state index in [1.54, 1.807) is 24.4 Å². The quantitative estimate of drug-likeness (QED) is 0.835. The van der Waals surface area contributed by atoms with Crippen LogP contribution in [0.25, 0.3) is 6.08 Å². The molecule has 1 N–H and O–H groups in total. The molecule has 1 aromatic carbocycles. The molecule has 0 saturated carbocycles. The molecule has 7 heteroatoms. The Morgan fingerprint density at radius 1 is 1.18 bits per heavy atom. The highest BCUT2D eigenvalue weighted by Gasteiger charge is 2.32. The second kappa shape index (κ2) is 8.46. The van der Waals surface area contributed by atoms with Crippen LogP contribution in [0.4, 0.5) is 18.9 Å². The lowest BCUT2D eigenvalue weighted by molar-refractivity contribution is -0.137. The molecule has 2 aromatic rings. The van der Waals surface area contributed by atoms with Crippen molar-refractivity contribution in [3.63, 3.8) is 0 Å². The van der Waals surface area contributed by atoms with Gasteiger partial charge in [-0.1, -0.05) is 29.8 Å². The minimum atomic E-state index is -4.36. The lowest BCUT2D eigenvalue weighted by Crippen LogP contribution is -2.31. The molecule has 1 saturated heterocycles. The molecule has 1 aromatic heterocycles. The van der Waals surface area contributed by atoms with Gasteiger partial charge in [-0.15, -0.1) is 0 Å². The summed E-state index contributed by atoms with van der Waals surface area (Å²) < 4.78 is 39.5. The number of hydrogen-bond acceptors (Lipinski definition) is 3. The van der Waals surface area contributed by atoms with Crippen LogP contribution in [0.5, 0.6) is 0 Å². The number of amides is 1. The lowest BCUT2D eigenvalue weighted by Gasteiger charge is -2.30. The number of anilines is 1. The Morgan fingerprint density at radius 2 is 1.89 bits per heavy atom. The van der Waals surface area contributed by atoms with Crippen molar-refractivity contribution >= 4 is 17.7 Å². The normalized spacial score (nSPS) is 14.7. The molecular weight excluding hydrogens is 367 g/mol. The number of alkyl halides is 3. The van der Waals surface area contributed by atoms with Gasteiger partial charge in [0.1, 0.15) is 5.69 Å². The van der Waals surface area contributed by atoms with E-state index in [9.17, 15) is 18.0 Å². The summed E-state index contributed by atoms with van der Waals surface area (Å²) in [6.45, 7) is 3.78. The molecule has 3 rings (SSSR count). The topological polar surface area (TPSA) is 45.2 Å². The highest BCUT2D eigenvalue weighted by molar-refractivity contribution is 5.92. The largest absolute Gasteiger partial charge is 0.416 e. The number of nitrogens with zero attached hydrogens (tertiary/aromatic N) is 2. The zero-order valence-corrected chi connectivity index (χ0v) is 15.6. The van der Waals surface area contributed by atoms with Crippen LogP contribution < -0.4 is 10.2 Å². The van der Waals surface area contributed by atoms with Crippen LogP contribution in [-0.2, 0) is 6.18 Å². The molecule has 1 aliphatic heterocycles. The second-order valence-corrected chi connectivity index (χ2v) is 6.64. The van der Waals surface area contributed by atoms with Crippen LogP contribution in [0.1, 0.15) is 41.4 Å². The number of hydrogen-bond donors (Lipinski definition) is 1. The summed E-state index contributed by atoms with van der Waals surface area (Å²) in [5, 5.41) is 2.70. The Morgan fingerprint density at radius 3 is 2.50 bits per heavy atom. The van der Waals surface area contributed by atoms with Crippen LogP contribution in [0.2, 0.25) is 0 Å². The highest BCUT2D eigenvalue weighted by atomic mass is 19.4. The van der Waals surface area contributed by atoms with Crippen molar-refractivity contribution in [3.8, 4) is 0 Å². The van der Waals surface area contributed by atoms with Crippen molar-refractivity contribution in [2.24, 2.45) is 0 Å². The third kappa shape index (κ3) is 4.71. The van der Waals surface area contributed by atoms with E-state index in [0.717, 1.165) is 17.3 Å². The number of pyridine rings is 1. The number of aromatic nitrogens is 1. The summed E-state index contributed by atoms with van der Waals surface area (Å²) in [6, 6.07) is 9.19. The number of rotatable bonds is 4. The van der Waals surface area contributed by atoms with Crippen molar-refractivity contribution in [2.75, 3.05) is 24.5 Å². The number of piperidine rings is 1. The Bertz CT molecular complexity index is 850. The number of carbonyl (C=O) groups excluding carboxylic acids is 1. The van der Waals surface area contributed by atoms with Gasteiger partial charge >= 0.3 is 6.18 Å². The van der Waals surface area contributed by atoms with Gasteiger partial charge in [0.25, 0.3) is 5.91 Å². The van der Waals surface area contributed by atoms with E-state index >= 15 is 0 Å². The van der Waals surface area contributed by atoms with Crippen LogP contribution in [0.3, 0.4) is 0 Å². The van der Waals surface area contributed by atoms with Crippen molar-refractivity contribution in [3.05, 3.63) is 65.0 Å². The van der Waals surface area contributed by atoms with Crippen molar-refractivity contribution in [1.29, 1.82) is 0 Å². The van der Waals surface area contributed by atoms with Crippen LogP contribution in [0, 0.1) is 0 Å². The van der Waals surface area contributed by atoms with E-state index in [1.807, 2.05) is 13.0 Å². The molecule has 2 heterocycles. The van der Waals surface area contributed by atoms with Crippen molar-refractivity contribution < 1.29 is 18.0 Å². The van der Waals surface area contributed by atoms with Gasteiger partial charge in [-0.25, -0.2) is 4.98 Å². The van der Waals surface area contributed by atoms with Gasteiger partial charge in [0.05, 0.1) is 17.4 Å². The van der Waals surface area contributed by atoms with E-state index in [2.05, 4.69) is 15.2 Å². The maximum Gasteiger partial charge on any atom is 0.416 e. The van der Waals surface area contributed by atoms with Gasteiger partial charge < -0.3 is 10.2 Å². The van der Waals surface area contributed by atoms with Crippen molar-refractivity contribution in [2.45, 2.75) is 25.9 Å². The zero-order valence-electron chi connectivity index (χ0n) is 15.6. The van der Waals surface area contributed by atoms with E-state index in [-0.39, 0.29) is 11.5 Å². The first-order chi connectivity index (χ1) is 13.4. The molecule has 1 fully saturated rings. The SMILES string of the molecule is CCNC(=O)c1ccc(N2CCC(=Cc3ccccc3C(F)(F)F)CC2)cn1. The van der Waals surface area contributed by atoms with Crippen molar-refractivity contribution in [1.82, 2.24) is 10.3 Å². The summed E-state index contributed by atoms with van der Waals surface area (Å²) in [4.78, 5) is 18.1. The fourth-order valence-electron chi connectivity index (χ4n) is 3.26. The first-order valence-electron chi connectivity index (χ1n) is 9.23. The van der Waals surface area contributed by atoms with Crippen LogP contribution in [-0.4, -0.2) is 30.5 Å². The number of benzene rings is 1. The fourth-order valence-corrected chi connectivity index (χ4v) is 3.26. The summed E-state index contributed by atoms with van der Waals surface area (Å²) in [5.41, 5.74) is 1.89. The Labute approximate surface area is 162 Å². The van der Waals surface area contributed by atoms with Crippen LogP contribution >= 0.6 is 0 Å². The molecule has 1 amide bonds. The molecule has 0 unspecified atom stereocenters. The molecule has 28 heavy (non-hydrogen) atoms. The number of halogens is 3. The summed E-state index contributed by atoms with van der Waals surface area (Å²) >= 11 is 0. The average Bonchev–Trinajstić information content (AvgIpc) is 2.68. The van der Waals surface area contributed by atoms with E-state index in [0.29, 0.717) is 38.2 Å². The van der Waals surface area contributed by atoms with E-state index in [1.165, 1.54) is 12.1 Å². The molecule has 0 atom stereocenters. The van der Waals surface area contributed by atoms with Gasteiger partial charge in [0.2, 0.25) is 0 Å². The third-order valence-electron chi connectivity index (χ3n) is 4.71. The second-order valence-electron chi connectivity index (χ2n) is 6.64. The zero-order chi connectivity index (χ0) is 20.1. The Kier molecular flexibility index (Phi) is 6.02. The molecule has 1 aliphatic rings. The highest BCUT2D eigenvalue weighted by Crippen LogP contribution is 2.34. The minimum absolute atomic E-state index is 0.207. The van der Waals surface area contributed by atoms with Gasteiger partial charge in [0.15, 0.2) is 0 Å². The minimum Gasteiger partial charge on any atom is -0.370 e. The Hall–Kier alpha value is -2.83. The predicted molar refractivity (Wildman–Crippen MR) is 103 cm³/mol. The van der Waals surface area contributed by atoms with Gasteiger partial charge in [-0.05, 0) is 43.5 Å². The molecule has 0 bridgehead atoms. The molecule has 0 spiro atoms. The smallest absolute Gasteiger partial charge is 0.370 e. The molecule has 0 aliphatic carbocycles. The first kappa shape index (κ1) is 19.9. The average molecular weight is 389 g/mol. The molecular formula is C21H22F3N3O. The number of nitrogens with one attached hydrogen (secondary N) is 1. The Balaban J connectivity index is 1.67. The van der Waals surface area contributed by atoms with Gasteiger partial charge in [-0.3, -0.25) is 4.79 Å². The van der Waals surface area contributed by atoms with E-state index in [4.69, 9.17) is 0 Å². The maximum atomic E-state index is 13.2. The standard InChI is InChI=1S/C21H22F3N3O/c1-2-25-20(28)19-8-7-17(14-26-19)27-11-9-15(10-12-27)13-16-5-3-4-6-18(16)21(22,23)24/h3-8,13-14H,2,9-12H2,1H3,(H,25,28). The summed E-state index contributed by atoms with van der Waals surface area (Å²) in [6.07, 6.45) is 0.342. The summed E-state index contributed by atoms with van der Waals surface area (Å²) in [5.74, 6) is -0.207. The summed E-state index contributed by atoms with van der Waals surface area (Å²) in [7, 11) is 0. The molecule has 4 nitrogen and oxygen atoms in total. The fraction of sp³-hybridized carbons (Fsp3) is 0.333. The first-order valence-corrected chi connectivity index (χ1v) is 9.23. The number of carbonyl (C=O) groups is 1. The third-order valence-corrected chi connectivity index (χ3v) is 4.71.